The lowest BCUT2D eigenvalue weighted by Crippen LogP contribution is -2.49. The highest BCUT2D eigenvalue weighted by molar-refractivity contribution is 7.09. The topological polar surface area (TPSA) is 51.7 Å². The molecule has 1 aliphatic rings. The third kappa shape index (κ3) is 3.75. The normalized spacial score (nSPS) is 24.4. The molecule has 5 nitrogen and oxygen atoms in total. The Kier molecular flexibility index (Phi) is 4.90. The SMILES string of the molecule is CCc1nc(CN2C[C@@H](C)O[C@H](C(=O)OC)C2)cs1. The number of carbonyl (C=O) groups excluding carboxylic acids is 1. The van der Waals surface area contributed by atoms with Gasteiger partial charge in [0, 0.05) is 25.0 Å². The van der Waals surface area contributed by atoms with Crippen LogP contribution in [0.5, 0.6) is 0 Å². The number of hydrogen-bond donors (Lipinski definition) is 0. The Morgan fingerprint density at radius 2 is 2.42 bits per heavy atom. The maximum atomic E-state index is 11.6. The molecule has 0 saturated carbocycles. The fourth-order valence-electron chi connectivity index (χ4n) is 2.24. The van der Waals surface area contributed by atoms with Crippen LogP contribution in [-0.4, -0.2) is 48.3 Å². The Bertz CT molecular complexity index is 435. The number of hydrogen-bond acceptors (Lipinski definition) is 6. The number of methoxy groups -OCH3 is 1. The van der Waals surface area contributed by atoms with E-state index in [0.717, 1.165) is 30.2 Å². The zero-order valence-corrected chi connectivity index (χ0v) is 12.4. The van der Waals surface area contributed by atoms with Gasteiger partial charge < -0.3 is 9.47 Å². The first-order valence-electron chi connectivity index (χ1n) is 6.51. The maximum absolute atomic E-state index is 11.6. The molecule has 1 aromatic heterocycles. The predicted octanol–water partition coefficient (Wildman–Crippen LogP) is 1.47. The van der Waals surface area contributed by atoms with E-state index in [2.05, 4.69) is 22.2 Å². The molecule has 2 atom stereocenters. The van der Waals surface area contributed by atoms with Gasteiger partial charge in [0.05, 0.1) is 23.9 Å². The molecule has 6 heteroatoms. The Morgan fingerprint density at radius 1 is 1.63 bits per heavy atom. The van der Waals surface area contributed by atoms with Crippen molar-refractivity contribution in [3.63, 3.8) is 0 Å². The summed E-state index contributed by atoms with van der Waals surface area (Å²) in [5.41, 5.74) is 1.07. The third-order valence-electron chi connectivity index (χ3n) is 3.09. The highest BCUT2D eigenvalue weighted by atomic mass is 32.1. The number of nitrogens with zero attached hydrogens (tertiary/aromatic N) is 2. The van der Waals surface area contributed by atoms with E-state index in [4.69, 9.17) is 9.47 Å². The minimum Gasteiger partial charge on any atom is -0.467 e. The van der Waals surface area contributed by atoms with Crippen molar-refractivity contribution < 1.29 is 14.3 Å². The molecular weight excluding hydrogens is 264 g/mol. The fourth-order valence-corrected chi connectivity index (χ4v) is 2.98. The Balaban J connectivity index is 1.97. The molecule has 0 radical (unpaired) electrons. The molecule has 0 aliphatic carbocycles. The van der Waals surface area contributed by atoms with Crippen LogP contribution in [0, 0.1) is 0 Å². The lowest BCUT2D eigenvalue weighted by Gasteiger charge is -2.34. The predicted molar refractivity (Wildman–Crippen MR) is 73.1 cm³/mol. The Hall–Kier alpha value is -0.980. The maximum Gasteiger partial charge on any atom is 0.336 e. The fraction of sp³-hybridized carbons (Fsp3) is 0.692. The molecule has 19 heavy (non-hydrogen) atoms. The minimum absolute atomic E-state index is 0.0298. The van der Waals surface area contributed by atoms with Crippen molar-refractivity contribution in [1.82, 2.24) is 9.88 Å². The number of carbonyl (C=O) groups is 1. The number of rotatable bonds is 4. The van der Waals surface area contributed by atoms with Crippen molar-refractivity contribution in [1.29, 1.82) is 0 Å². The number of ether oxygens (including phenoxy) is 2. The monoisotopic (exact) mass is 284 g/mol. The average Bonchev–Trinajstić information content (AvgIpc) is 2.84. The molecule has 1 saturated heterocycles. The lowest BCUT2D eigenvalue weighted by molar-refractivity contribution is -0.166. The summed E-state index contributed by atoms with van der Waals surface area (Å²) in [6.45, 7) is 6.22. The van der Waals surface area contributed by atoms with Crippen molar-refractivity contribution in [2.45, 2.75) is 39.0 Å². The van der Waals surface area contributed by atoms with Crippen LogP contribution in [0.4, 0.5) is 0 Å². The van der Waals surface area contributed by atoms with Gasteiger partial charge in [-0.2, -0.15) is 0 Å². The van der Waals surface area contributed by atoms with Gasteiger partial charge in [0.25, 0.3) is 0 Å². The average molecular weight is 284 g/mol. The molecule has 1 aliphatic heterocycles. The largest absolute Gasteiger partial charge is 0.467 e. The molecule has 2 rings (SSSR count). The van der Waals surface area contributed by atoms with E-state index in [1.165, 1.54) is 7.11 Å². The van der Waals surface area contributed by atoms with Crippen LogP contribution >= 0.6 is 11.3 Å². The summed E-state index contributed by atoms with van der Waals surface area (Å²) in [6, 6.07) is 0. The first-order chi connectivity index (χ1) is 9.12. The van der Waals surface area contributed by atoms with E-state index >= 15 is 0 Å². The van der Waals surface area contributed by atoms with E-state index in [1.807, 2.05) is 6.92 Å². The van der Waals surface area contributed by atoms with Crippen molar-refractivity contribution in [2.24, 2.45) is 0 Å². The van der Waals surface area contributed by atoms with Gasteiger partial charge in [-0.25, -0.2) is 9.78 Å². The van der Waals surface area contributed by atoms with Gasteiger partial charge in [-0.15, -0.1) is 11.3 Å². The molecule has 0 amide bonds. The van der Waals surface area contributed by atoms with Crippen LogP contribution in [0.1, 0.15) is 24.5 Å². The summed E-state index contributed by atoms with van der Waals surface area (Å²) >= 11 is 1.69. The summed E-state index contributed by atoms with van der Waals surface area (Å²) in [4.78, 5) is 18.3. The summed E-state index contributed by atoms with van der Waals surface area (Å²) in [6.07, 6.45) is 0.509. The first kappa shape index (κ1) is 14.4. The highest BCUT2D eigenvalue weighted by Gasteiger charge is 2.31. The van der Waals surface area contributed by atoms with Crippen molar-refractivity contribution in [3.8, 4) is 0 Å². The Morgan fingerprint density at radius 3 is 3.05 bits per heavy atom. The van der Waals surface area contributed by atoms with Crippen molar-refractivity contribution >= 4 is 17.3 Å². The van der Waals surface area contributed by atoms with Gasteiger partial charge >= 0.3 is 5.97 Å². The van der Waals surface area contributed by atoms with E-state index in [9.17, 15) is 4.79 Å². The second kappa shape index (κ2) is 6.45. The van der Waals surface area contributed by atoms with E-state index < -0.39 is 6.10 Å². The van der Waals surface area contributed by atoms with E-state index in [1.54, 1.807) is 11.3 Å². The molecule has 0 aromatic carbocycles. The molecule has 0 N–H and O–H groups in total. The van der Waals surface area contributed by atoms with Gasteiger partial charge in [0.15, 0.2) is 6.10 Å². The third-order valence-corrected chi connectivity index (χ3v) is 4.13. The van der Waals surface area contributed by atoms with Crippen LogP contribution in [-0.2, 0) is 27.2 Å². The van der Waals surface area contributed by atoms with Crippen LogP contribution in [0.2, 0.25) is 0 Å². The summed E-state index contributed by atoms with van der Waals surface area (Å²) in [7, 11) is 1.39. The molecule has 0 bridgehead atoms. The van der Waals surface area contributed by atoms with Crippen molar-refractivity contribution in [3.05, 3.63) is 16.1 Å². The number of thiazole rings is 1. The van der Waals surface area contributed by atoms with E-state index in [-0.39, 0.29) is 12.1 Å². The quantitative estimate of drug-likeness (QED) is 0.784. The van der Waals surface area contributed by atoms with E-state index in [0.29, 0.717) is 6.54 Å². The van der Waals surface area contributed by atoms with Gasteiger partial charge in [-0.1, -0.05) is 6.92 Å². The van der Waals surface area contributed by atoms with Gasteiger partial charge in [-0.05, 0) is 13.3 Å². The van der Waals surface area contributed by atoms with Crippen LogP contribution in [0.25, 0.3) is 0 Å². The number of esters is 1. The zero-order valence-electron chi connectivity index (χ0n) is 11.6. The van der Waals surface area contributed by atoms with Gasteiger partial charge in [-0.3, -0.25) is 4.90 Å². The number of morpholine rings is 1. The summed E-state index contributed by atoms with van der Waals surface area (Å²) in [5.74, 6) is -0.302. The number of aryl methyl sites for hydroxylation is 1. The highest BCUT2D eigenvalue weighted by Crippen LogP contribution is 2.17. The zero-order chi connectivity index (χ0) is 13.8. The first-order valence-corrected chi connectivity index (χ1v) is 7.39. The summed E-state index contributed by atoms with van der Waals surface area (Å²) < 4.78 is 10.4. The van der Waals surface area contributed by atoms with Crippen LogP contribution < -0.4 is 0 Å². The molecule has 0 spiro atoms. The smallest absolute Gasteiger partial charge is 0.336 e. The van der Waals surface area contributed by atoms with Gasteiger partial charge in [0.1, 0.15) is 0 Å². The molecule has 1 fully saturated rings. The Labute approximate surface area is 117 Å². The number of aromatic nitrogens is 1. The van der Waals surface area contributed by atoms with Gasteiger partial charge in [0.2, 0.25) is 0 Å². The second-order valence-electron chi connectivity index (χ2n) is 4.74. The minimum atomic E-state index is -0.488. The standard InChI is InChI=1S/C13H20N2O3S/c1-4-12-14-10(8-19-12)6-15-5-9(2)18-11(7-15)13(16)17-3/h8-9,11H,4-7H2,1-3H3/t9-,11+/m1/s1. The summed E-state index contributed by atoms with van der Waals surface area (Å²) in [5, 5.41) is 3.24. The lowest BCUT2D eigenvalue weighted by atomic mass is 10.2. The molecule has 1 aromatic rings. The molecule has 106 valence electrons. The van der Waals surface area contributed by atoms with Crippen LogP contribution in [0.3, 0.4) is 0 Å². The molecular formula is C13H20N2O3S. The van der Waals surface area contributed by atoms with Crippen molar-refractivity contribution in [2.75, 3.05) is 20.2 Å². The van der Waals surface area contributed by atoms with Crippen LogP contribution in [0.15, 0.2) is 5.38 Å². The second-order valence-corrected chi connectivity index (χ2v) is 5.68. The molecule has 0 unspecified atom stereocenters. The molecule has 2 heterocycles.